The summed E-state index contributed by atoms with van der Waals surface area (Å²) in [7, 11) is 0. The first-order chi connectivity index (χ1) is 17.0. The van der Waals surface area contributed by atoms with Crippen LogP contribution >= 0.6 is 11.3 Å². The van der Waals surface area contributed by atoms with Crippen LogP contribution in [0.3, 0.4) is 0 Å². The van der Waals surface area contributed by atoms with Crippen molar-refractivity contribution in [1.29, 1.82) is 0 Å². The smallest absolute Gasteiger partial charge is 0.286 e. The van der Waals surface area contributed by atoms with E-state index in [1.807, 2.05) is 31.2 Å². The van der Waals surface area contributed by atoms with Gasteiger partial charge in [-0.3, -0.25) is 14.5 Å². The third kappa shape index (κ3) is 7.10. The molecule has 2 aromatic carbocycles. The second kappa shape index (κ2) is 11.9. The van der Waals surface area contributed by atoms with E-state index in [0.717, 1.165) is 24.4 Å². The number of amides is 2. The van der Waals surface area contributed by atoms with Crippen LogP contribution in [-0.4, -0.2) is 52.6 Å². The summed E-state index contributed by atoms with van der Waals surface area (Å²) < 4.78 is 5.73. The van der Waals surface area contributed by atoms with E-state index >= 15 is 0 Å². The van der Waals surface area contributed by atoms with Gasteiger partial charge in [0.1, 0.15) is 12.4 Å². The number of ether oxygens (including phenoxy) is 1. The molecule has 1 aliphatic heterocycles. The Hall–Kier alpha value is -3.30. The fourth-order valence-corrected chi connectivity index (χ4v) is 4.73. The molecule has 0 radical (unpaired) electrons. The van der Waals surface area contributed by atoms with Gasteiger partial charge in [0, 0.05) is 30.4 Å². The lowest BCUT2D eigenvalue weighted by molar-refractivity contribution is 0.0937. The lowest BCUT2D eigenvalue weighted by Crippen LogP contribution is -2.42. The molecule has 4 rings (SSSR count). The molecule has 1 fully saturated rings. The Morgan fingerprint density at radius 2 is 1.97 bits per heavy atom. The second-order valence-corrected chi connectivity index (χ2v) is 9.84. The lowest BCUT2D eigenvalue weighted by atomic mass is 10.0. The van der Waals surface area contributed by atoms with Crippen molar-refractivity contribution in [3.05, 3.63) is 69.7 Å². The van der Waals surface area contributed by atoms with Crippen molar-refractivity contribution in [1.82, 2.24) is 20.4 Å². The number of hydrogen-bond acceptors (Lipinski definition) is 7. The lowest BCUT2D eigenvalue weighted by Gasteiger charge is -2.33. The summed E-state index contributed by atoms with van der Waals surface area (Å²) >= 11 is 1.18. The van der Waals surface area contributed by atoms with Gasteiger partial charge >= 0.3 is 0 Å². The first-order valence-electron chi connectivity index (χ1n) is 11.9. The monoisotopic (exact) mass is 493 g/mol. The molecule has 8 nitrogen and oxygen atoms in total. The van der Waals surface area contributed by atoms with Crippen molar-refractivity contribution < 1.29 is 14.3 Å². The summed E-state index contributed by atoms with van der Waals surface area (Å²) in [5.41, 5.74) is 2.13. The highest BCUT2D eigenvalue weighted by Gasteiger charge is 2.18. The third-order valence-corrected chi connectivity index (χ3v) is 6.92. The molecule has 0 unspecified atom stereocenters. The van der Waals surface area contributed by atoms with Gasteiger partial charge in [-0.2, -0.15) is 0 Å². The molecule has 1 atom stereocenters. The summed E-state index contributed by atoms with van der Waals surface area (Å²) in [4.78, 5) is 27.7. The number of carbonyl (C=O) groups excluding carboxylic acids is 2. The minimum atomic E-state index is -0.374. The highest BCUT2D eigenvalue weighted by Crippen LogP contribution is 2.19. The van der Waals surface area contributed by atoms with Gasteiger partial charge in [0.2, 0.25) is 5.01 Å². The number of benzene rings is 2. The van der Waals surface area contributed by atoms with Crippen LogP contribution in [0.2, 0.25) is 0 Å². The predicted octanol–water partition coefficient (Wildman–Crippen LogP) is 4.28. The predicted molar refractivity (Wildman–Crippen MR) is 137 cm³/mol. The fourth-order valence-electron chi connectivity index (χ4n) is 4.08. The molecule has 1 aliphatic rings. The van der Waals surface area contributed by atoms with Crippen molar-refractivity contribution in [2.45, 2.75) is 45.8 Å². The minimum absolute atomic E-state index is 0.155. The molecule has 9 heteroatoms. The first-order valence-corrected chi connectivity index (χ1v) is 12.7. The Morgan fingerprint density at radius 3 is 2.80 bits per heavy atom. The van der Waals surface area contributed by atoms with Gasteiger partial charge in [0.25, 0.3) is 11.8 Å². The Balaban J connectivity index is 1.27. The summed E-state index contributed by atoms with van der Waals surface area (Å²) in [5, 5.41) is 14.7. The van der Waals surface area contributed by atoms with Crippen molar-refractivity contribution in [3.63, 3.8) is 0 Å². The number of anilines is 1. The third-order valence-electron chi connectivity index (χ3n) is 6.02. The van der Waals surface area contributed by atoms with Gasteiger partial charge in [-0.25, -0.2) is 0 Å². The van der Waals surface area contributed by atoms with Crippen molar-refractivity contribution in [3.8, 4) is 5.75 Å². The maximum Gasteiger partial charge on any atom is 0.286 e. The topological polar surface area (TPSA) is 96.5 Å². The number of carbonyl (C=O) groups is 2. The van der Waals surface area contributed by atoms with Gasteiger partial charge in [0.05, 0.1) is 0 Å². The Labute approximate surface area is 209 Å². The molecule has 35 heavy (non-hydrogen) atoms. The van der Waals surface area contributed by atoms with Crippen LogP contribution in [0, 0.1) is 6.92 Å². The highest BCUT2D eigenvalue weighted by molar-refractivity contribution is 7.13. The summed E-state index contributed by atoms with van der Waals surface area (Å²) in [6, 6.07) is 15.2. The molecule has 1 saturated heterocycles. The van der Waals surface area contributed by atoms with E-state index in [1.165, 1.54) is 30.6 Å². The number of rotatable bonds is 9. The molecule has 184 valence electrons. The molecule has 2 N–H and O–H groups in total. The van der Waals surface area contributed by atoms with Crippen molar-refractivity contribution in [2.75, 3.05) is 25.0 Å². The van der Waals surface area contributed by atoms with Crippen molar-refractivity contribution in [2.24, 2.45) is 0 Å². The largest absolute Gasteiger partial charge is 0.486 e. The minimum Gasteiger partial charge on any atom is -0.486 e. The molecule has 3 aromatic rings. The zero-order valence-electron chi connectivity index (χ0n) is 20.1. The standard InChI is InChI=1S/C26H31N5O3S/c1-18-7-5-11-22(15-18)34-17-23-29-30-26(35-23)25(33)28-21-10-6-9-20(16-21)24(32)27-12-14-31-13-4-3-8-19(31)2/h5-7,9-11,15-16,19H,3-4,8,12-14,17H2,1-2H3,(H,27,32)(H,28,33)/t19-/m1/s1. The van der Waals surface area contributed by atoms with Crippen LogP contribution in [0.25, 0.3) is 0 Å². The summed E-state index contributed by atoms with van der Waals surface area (Å²) in [5.74, 6) is 0.213. The van der Waals surface area contributed by atoms with Crippen LogP contribution in [0.15, 0.2) is 48.5 Å². The Kier molecular flexibility index (Phi) is 8.44. The number of likely N-dealkylation sites (tertiary alicyclic amines) is 1. The normalized spacial score (nSPS) is 16.0. The van der Waals surface area contributed by atoms with Crippen LogP contribution in [0.1, 0.15) is 56.9 Å². The maximum atomic E-state index is 12.7. The number of nitrogens with zero attached hydrogens (tertiary/aromatic N) is 3. The van der Waals surface area contributed by atoms with E-state index < -0.39 is 0 Å². The number of hydrogen-bond donors (Lipinski definition) is 2. The number of aromatic nitrogens is 2. The second-order valence-electron chi connectivity index (χ2n) is 8.78. The summed E-state index contributed by atoms with van der Waals surface area (Å²) in [6.45, 7) is 7.00. The van der Waals surface area contributed by atoms with Crippen LogP contribution in [0.4, 0.5) is 5.69 Å². The Morgan fingerprint density at radius 1 is 1.11 bits per heavy atom. The molecular formula is C26H31N5O3S. The van der Waals surface area contributed by atoms with Gasteiger partial charge in [-0.05, 0) is 69.1 Å². The van der Waals surface area contributed by atoms with E-state index in [-0.39, 0.29) is 23.4 Å². The van der Waals surface area contributed by atoms with Gasteiger partial charge in [-0.15, -0.1) is 10.2 Å². The molecule has 2 amide bonds. The first kappa shape index (κ1) is 24.8. The van der Waals surface area contributed by atoms with Crippen LogP contribution in [-0.2, 0) is 6.61 Å². The zero-order valence-corrected chi connectivity index (χ0v) is 20.9. The van der Waals surface area contributed by atoms with E-state index in [2.05, 4.69) is 32.7 Å². The average molecular weight is 494 g/mol. The van der Waals surface area contributed by atoms with Crippen LogP contribution in [0.5, 0.6) is 5.75 Å². The molecule has 0 bridgehead atoms. The van der Waals surface area contributed by atoms with Gasteiger partial charge in [0.15, 0.2) is 5.01 Å². The van der Waals surface area contributed by atoms with E-state index in [4.69, 9.17) is 4.74 Å². The Bertz CT molecular complexity index is 1170. The van der Waals surface area contributed by atoms with E-state index in [1.54, 1.807) is 24.3 Å². The fraction of sp³-hybridized carbons (Fsp3) is 0.385. The number of aryl methyl sites for hydroxylation is 1. The highest BCUT2D eigenvalue weighted by atomic mass is 32.1. The average Bonchev–Trinajstić information content (AvgIpc) is 3.33. The number of nitrogens with one attached hydrogen (secondary N) is 2. The molecule has 0 spiro atoms. The SMILES string of the molecule is Cc1cccc(OCc2nnc(C(=O)Nc3cccc(C(=O)NCCN4CCCC[C@H]4C)c3)s2)c1. The van der Waals surface area contributed by atoms with Gasteiger partial charge < -0.3 is 15.4 Å². The summed E-state index contributed by atoms with van der Waals surface area (Å²) in [6.07, 6.45) is 3.71. The maximum absolute atomic E-state index is 12.7. The molecule has 2 heterocycles. The van der Waals surface area contributed by atoms with Crippen LogP contribution < -0.4 is 15.4 Å². The zero-order chi connectivity index (χ0) is 24.6. The molecule has 1 aromatic heterocycles. The van der Waals surface area contributed by atoms with E-state index in [9.17, 15) is 9.59 Å². The van der Waals surface area contributed by atoms with Crippen molar-refractivity contribution >= 4 is 28.8 Å². The quantitative estimate of drug-likeness (QED) is 0.462. The molecule has 0 saturated carbocycles. The molecule has 0 aliphatic carbocycles. The van der Waals surface area contributed by atoms with Gasteiger partial charge in [-0.1, -0.05) is 36.0 Å². The van der Waals surface area contributed by atoms with E-state index in [0.29, 0.717) is 28.8 Å². The number of piperidine rings is 1. The molecular weight excluding hydrogens is 462 g/mol.